The predicted octanol–water partition coefficient (Wildman–Crippen LogP) is 6.32. The molecule has 1 saturated carbocycles. The number of hydrogen-bond donors (Lipinski definition) is 0. The highest BCUT2D eigenvalue weighted by Gasteiger charge is 2.37. The summed E-state index contributed by atoms with van der Waals surface area (Å²) in [6.45, 7) is 2.02. The van der Waals surface area contributed by atoms with E-state index in [1.165, 1.54) is 0 Å². The van der Waals surface area contributed by atoms with Gasteiger partial charge in [-0.2, -0.15) is 0 Å². The number of carbonyl (C=O) groups is 1. The topological polar surface area (TPSA) is 56.3 Å². The van der Waals surface area contributed by atoms with Gasteiger partial charge in [0.1, 0.15) is 6.54 Å². The summed E-state index contributed by atoms with van der Waals surface area (Å²) in [4.78, 5) is 21.6. The average Bonchev–Trinajstić information content (AvgIpc) is 3.67. The fourth-order valence-electron chi connectivity index (χ4n) is 5.52. The first kappa shape index (κ1) is 22.9. The maximum absolute atomic E-state index is 14.5. The highest BCUT2D eigenvalue weighted by Crippen LogP contribution is 2.37. The molecule has 5 nitrogen and oxygen atoms in total. The summed E-state index contributed by atoms with van der Waals surface area (Å²) in [5.74, 6) is 0.0120. The standard InChI is InChI=1S/C31H31N3O2/c35-31(33(25-17-18-25)21-23-11-3-1-4-12-23)29-26-15-7-8-16-28(26)32-30(24-13-5-2-6-14-24)27(29)22-34(36)19-9-10-20-34/h1-8,11-16,25H,9-10,17-22H2. The van der Waals surface area contributed by atoms with E-state index in [0.29, 0.717) is 25.2 Å². The first-order chi connectivity index (χ1) is 17.6. The van der Waals surface area contributed by atoms with Gasteiger partial charge in [0.05, 0.1) is 29.9 Å². The number of benzene rings is 3. The Morgan fingerprint density at radius 2 is 1.53 bits per heavy atom. The predicted molar refractivity (Wildman–Crippen MR) is 143 cm³/mol. The second kappa shape index (κ2) is 9.49. The van der Waals surface area contributed by atoms with E-state index in [1.54, 1.807) is 0 Å². The lowest BCUT2D eigenvalue weighted by Gasteiger charge is -2.39. The fourth-order valence-corrected chi connectivity index (χ4v) is 5.52. The van der Waals surface area contributed by atoms with E-state index in [0.717, 1.165) is 59.0 Å². The third-order valence-corrected chi connectivity index (χ3v) is 7.53. The van der Waals surface area contributed by atoms with Gasteiger partial charge in [-0.25, -0.2) is 4.98 Å². The molecular weight excluding hydrogens is 446 g/mol. The van der Waals surface area contributed by atoms with E-state index < -0.39 is 0 Å². The third kappa shape index (κ3) is 4.52. The Kier molecular flexibility index (Phi) is 6.04. The van der Waals surface area contributed by atoms with E-state index in [1.807, 2.05) is 77.7 Å². The summed E-state index contributed by atoms with van der Waals surface area (Å²) in [6, 6.07) is 28.3. The molecule has 1 saturated heterocycles. The van der Waals surface area contributed by atoms with Crippen LogP contribution in [0.4, 0.5) is 0 Å². The summed E-state index contributed by atoms with van der Waals surface area (Å²) in [5, 5.41) is 14.6. The molecule has 2 heterocycles. The number of nitrogens with zero attached hydrogens (tertiary/aromatic N) is 3. The maximum atomic E-state index is 14.5. The van der Waals surface area contributed by atoms with Crippen LogP contribution in [0.5, 0.6) is 0 Å². The van der Waals surface area contributed by atoms with Crippen molar-refractivity contribution in [1.29, 1.82) is 0 Å². The maximum Gasteiger partial charge on any atom is 0.255 e. The number of amides is 1. The molecule has 2 fully saturated rings. The first-order valence-corrected chi connectivity index (χ1v) is 13.0. The average molecular weight is 478 g/mol. The molecule has 0 unspecified atom stereocenters. The number of hydrogen-bond acceptors (Lipinski definition) is 3. The molecule has 0 spiro atoms. The molecule has 0 atom stereocenters. The Labute approximate surface area is 212 Å². The van der Waals surface area contributed by atoms with Crippen molar-refractivity contribution in [2.24, 2.45) is 0 Å². The van der Waals surface area contributed by atoms with Crippen molar-refractivity contribution in [3.05, 3.63) is 107 Å². The van der Waals surface area contributed by atoms with Gasteiger partial charge in [0.15, 0.2) is 0 Å². The normalized spacial score (nSPS) is 16.8. The lowest BCUT2D eigenvalue weighted by Crippen LogP contribution is -2.40. The Balaban J connectivity index is 1.55. The van der Waals surface area contributed by atoms with Crippen LogP contribution in [-0.4, -0.2) is 39.6 Å². The van der Waals surface area contributed by atoms with Crippen LogP contribution in [0.1, 0.15) is 47.2 Å². The van der Waals surface area contributed by atoms with Crippen molar-refractivity contribution in [2.45, 2.75) is 44.8 Å². The fraction of sp³-hybridized carbons (Fsp3) is 0.290. The highest BCUT2D eigenvalue weighted by molar-refractivity contribution is 6.09. The Morgan fingerprint density at radius 1 is 0.889 bits per heavy atom. The molecule has 36 heavy (non-hydrogen) atoms. The van der Waals surface area contributed by atoms with Crippen LogP contribution in [0.15, 0.2) is 84.9 Å². The molecule has 3 aromatic carbocycles. The van der Waals surface area contributed by atoms with Crippen LogP contribution >= 0.6 is 0 Å². The zero-order chi connectivity index (χ0) is 24.5. The molecule has 0 bridgehead atoms. The molecule has 0 N–H and O–H groups in total. The summed E-state index contributed by atoms with van der Waals surface area (Å²) in [7, 11) is 0. The lowest BCUT2D eigenvalue weighted by molar-refractivity contribution is -0.881. The van der Waals surface area contributed by atoms with Crippen molar-refractivity contribution in [3.63, 3.8) is 0 Å². The molecule has 0 radical (unpaired) electrons. The summed E-state index contributed by atoms with van der Waals surface area (Å²) < 4.78 is -0.289. The number of quaternary nitrogens is 1. The number of para-hydroxylation sites is 1. The number of fused-ring (bicyclic) bond motifs is 1. The highest BCUT2D eigenvalue weighted by atomic mass is 16.5. The van der Waals surface area contributed by atoms with Crippen LogP contribution in [0.3, 0.4) is 0 Å². The Bertz CT molecular complexity index is 1380. The van der Waals surface area contributed by atoms with Crippen molar-refractivity contribution in [1.82, 2.24) is 9.88 Å². The largest absolute Gasteiger partial charge is 0.633 e. The van der Waals surface area contributed by atoms with Gasteiger partial charge in [0, 0.05) is 41.9 Å². The molecule has 6 rings (SSSR count). The van der Waals surface area contributed by atoms with Gasteiger partial charge in [0.2, 0.25) is 0 Å². The number of aromatic nitrogens is 1. The van der Waals surface area contributed by atoms with Crippen molar-refractivity contribution in [3.8, 4) is 11.3 Å². The van der Waals surface area contributed by atoms with Crippen LogP contribution in [0, 0.1) is 5.21 Å². The van der Waals surface area contributed by atoms with E-state index in [9.17, 15) is 10.0 Å². The molecule has 1 amide bonds. The second-order valence-electron chi connectivity index (χ2n) is 10.2. The smallest absolute Gasteiger partial charge is 0.255 e. The van der Waals surface area contributed by atoms with Gasteiger partial charge < -0.3 is 14.8 Å². The number of rotatable bonds is 7. The minimum Gasteiger partial charge on any atom is -0.633 e. The third-order valence-electron chi connectivity index (χ3n) is 7.53. The minimum atomic E-state index is -0.289. The molecule has 182 valence electrons. The van der Waals surface area contributed by atoms with Gasteiger partial charge in [-0.05, 0) is 24.5 Å². The first-order valence-electron chi connectivity index (χ1n) is 13.0. The number of pyridine rings is 1. The zero-order valence-electron chi connectivity index (χ0n) is 20.5. The molecule has 1 aromatic heterocycles. The van der Waals surface area contributed by atoms with Gasteiger partial charge in [-0.3, -0.25) is 4.79 Å². The van der Waals surface area contributed by atoms with Crippen LogP contribution in [0.2, 0.25) is 0 Å². The Hall–Kier alpha value is -3.54. The molecule has 1 aliphatic carbocycles. The lowest BCUT2D eigenvalue weighted by atomic mass is 9.94. The zero-order valence-corrected chi connectivity index (χ0v) is 20.5. The molecule has 5 heteroatoms. The van der Waals surface area contributed by atoms with E-state index in [2.05, 4.69) is 12.1 Å². The van der Waals surface area contributed by atoms with E-state index >= 15 is 0 Å². The number of carbonyl (C=O) groups excluding carboxylic acids is 1. The van der Waals surface area contributed by atoms with Crippen molar-refractivity contribution < 1.29 is 9.44 Å². The summed E-state index contributed by atoms with van der Waals surface area (Å²) >= 11 is 0. The molecule has 2 aliphatic rings. The van der Waals surface area contributed by atoms with Gasteiger partial charge in [-0.15, -0.1) is 0 Å². The molecule has 4 aromatic rings. The van der Waals surface area contributed by atoms with E-state index in [4.69, 9.17) is 4.98 Å². The monoisotopic (exact) mass is 477 g/mol. The SMILES string of the molecule is O=C(c1c(C[N+]2([O-])CCCC2)c(-c2ccccc2)nc2ccccc12)N(Cc1ccccc1)C1CC1. The quantitative estimate of drug-likeness (QED) is 0.231. The van der Waals surface area contributed by atoms with Gasteiger partial charge >= 0.3 is 0 Å². The second-order valence-corrected chi connectivity index (χ2v) is 10.2. The minimum absolute atomic E-state index is 0.0120. The number of hydroxylamine groups is 3. The van der Waals surface area contributed by atoms with Gasteiger partial charge in [0.25, 0.3) is 5.91 Å². The Morgan fingerprint density at radius 3 is 2.22 bits per heavy atom. The van der Waals surface area contributed by atoms with Crippen LogP contribution < -0.4 is 0 Å². The van der Waals surface area contributed by atoms with Gasteiger partial charge in [-0.1, -0.05) is 78.9 Å². The van der Waals surface area contributed by atoms with Crippen molar-refractivity contribution in [2.75, 3.05) is 13.1 Å². The van der Waals surface area contributed by atoms with Crippen LogP contribution in [0.25, 0.3) is 22.2 Å². The molecule has 1 aliphatic heterocycles. The van der Waals surface area contributed by atoms with Crippen molar-refractivity contribution >= 4 is 16.8 Å². The van der Waals surface area contributed by atoms with Crippen LogP contribution in [-0.2, 0) is 13.1 Å². The summed E-state index contributed by atoms with van der Waals surface area (Å²) in [6.07, 6.45) is 3.89. The molecular formula is C31H31N3O2. The van der Waals surface area contributed by atoms with E-state index in [-0.39, 0.29) is 23.1 Å². The summed E-state index contributed by atoms with van der Waals surface area (Å²) in [5.41, 5.74) is 5.06. The number of likely N-dealkylation sites (tertiary alicyclic amines) is 1.